The highest BCUT2D eigenvalue weighted by Gasteiger charge is 2.37. The third-order valence-corrected chi connectivity index (χ3v) is 5.25. The monoisotopic (exact) mass is 434 g/mol. The van der Waals surface area contributed by atoms with E-state index >= 15 is 0 Å². The molecule has 0 fully saturated rings. The van der Waals surface area contributed by atoms with E-state index in [9.17, 15) is 22.4 Å². The zero-order chi connectivity index (χ0) is 21.5. The van der Waals surface area contributed by atoms with Crippen molar-refractivity contribution < 1.29 is 17.6 Å². The van der Waals surface area contributed by atoms with Crippen molar-refractivity contribution in [2.24, 2.45) is 0 Å². The van der Waals surface area contributed by atoms with E-state index in [1.807, 2.05) is 0 Å². The molecule has 5 nitrogen and oxygen atoms in total. The van der Waals surface area contributed by atoms with E-state index in [1.165, 1.54) is 35.0 Å². The molecular formula is C20H14F4N4OS. The van der Waals surface area contributed by atoms with Crippen LogP contribution in [0.2, 0.25) is 0 Å². The predicted molar refractivity (Wildman–Crippen MR) is 105 cm³/mol. The van der Waals surface area contributed by atoms with Gasteiger partial charge in [-0.1, -0.05) is 18.2 Å². The molecule has 0 radical (unpaired) electrons. The number of rotatable bonds is 4. The van der Waals surface area contributed by atoms with Crippen LogP contribution in [-0.4, -0.2) is 19.5 Å². The molecule has 0 spiro atoms. The number of hydrogen-bond acceptors (Lipinski definition) is 5. The quantitative estimate of drug-likeness (QED) is 0.430. The smallest absolute Gasteiger partial charge is 0.288 e. The average Bonchev–Trinajstić information content (AvgIpc) is 3.23. The second-order valence-corrected chi connectivity index (χ2v) is 7.40. The van der Waals surface area contributed by atoms with E-state index in [2.05, 4.69) is 15.0 Å². The van der Waals surface area contributed by atoms with Crippen molar-refractivity contribution >= 4 is 22.2 Å². The normalized spacial score (nSPS) is 13.0. The van der Waals surface area contributed by atoms with Crippen LogP contribution < -0.4 is 5.56 Å². The largest absolute Gasteiger partial charge is 0.434 e. The molecule has 1 unspecified atom stereocenters. The van der Waals surface area contributed by atoms with Gasteiger partial charge in [-0.05, 0) is 31.0 Å². The third kappa shape index (κ3) is 3.58. The lowest BCUT2D eigenvalue weighted by Gasteiger charge is -2.20. The zero-order valence-corrected chi connectivity index (χ0v) is 16.3. The van der Waals surface area contributed by atoms with E-state index in [0.717, 1.165) is 10.8 Å². The molecule has 1 atom stereocenters. The van der Waals surface area contributed by atoms with Gasteiger partial charge in [0.15, 0.2) is 11.5 Å². The van der Waals surface area contributed by atoms with Crippen LogP contribution in [0.1, 0.15) is 24.2 Å². The van der Waals surface area contributed by atoms with Gasteiger partial charge in [0.25, 0.3) is 5.56 Å². The summed E-state index contributed by atoms with van der Waals surface area (Å²) in [6.45, 7) is 1.63. The fourth-order valence-electron chi connectivity index (χ4n) is 3.34. The van der Waals surface area contributed by atoms with Gasteiger partial charge in [-0.15, -0.1) is 11.3 Å². The topological polar surface area (TPSA) is 60.7 Å². The van der Waals surface area contributed by atoms with Crippen LogP contribution in [0.15, 0.2) is 52.2 Å². The number of halogens is 4. The van der Waals surface area contributed by atoms with Gasteiger partial charge in [-0.25, -0.2) is 14.4 Å². The van der Waals surface area contributed by atoms with Crippen LogP contribution >= 0.6 is 11.3 Å². The molecule has 0 N–H and O–H groups in total. The Morgan fingerprint density at radius 3 is 2.60 bits per heavy atom. The fourth-order valence-corrected chi connectivity index (χ4v) is 3.87. The minimum atomic E-state index is -4.82. The summed E-state index contributed by atoms with van der Waals surface area (Å²) in [5, 5.41) is 1.02. The Balaban J connectivity index is 1.98. The Morgan fingerprint density at radius 2 is 1.93 bits per heavy atom. The maximum atomic E-state index is 14.1. The maximum absolute atomic E-state index is 14.1. The summed E-state index contributed by atoms with van der Waals surface area (Å²) in [7, 11) is 0. The molecule has 30 heavy (non-hydrogen) atoms. The minimum absolute atomic E-state index is 0.0819. The highest BCUT2D eigenvalue weighted by Crippen LogP contribution is 2.32. The SMILES string of the molecule is CC(Cc1ccccc1F)n1c(-c2cscn2)nc2ccnc(C(F)(F)F)c2c1=O. The van der Waals surface area contributed by atoms with Crippen molar-refractivity contribution in [2.45, 2.75) is 25.6 Å². The summed E-state index contributed by atoms with van der Waals surface area (Å²) >= 11 is 1.26. The number of hydrogen-bond donors (Lipinski definition) is 0. The zero-order valence-electron chi connectivity index (χ0n) is 15.5. The van der Waals surface area contributed by atoms with Gasteiger partial charge in [0, 0.05) is 17.6 Å². The Hall–Kier alpha value is -3.14. The van der Waals surface area contributed by atoms with Crippen molar-refractivity contribution in [1.29, 1.82) is 0 Å². The number of benzene rings is 1. The van der Waals surface area contributed by atoms with E-state index < -0.39 is 34.7 Å². The molecular weight excluding hydrogens is 420 g/mol. The van der Waals surface area contributed by atoms with E-state index in [1.54, 1.807) is 24.4 Å². The second kappa shape index (κ2) is 7.60. The first-order valence-electron chi connectivity index (χ1n) is 8.87. The molecule has 0 aliphatic heterocycles. The number of pyridine rings is 1. The molecule has 0 saturated carbocycles. The van der Waals surface area contributed by atoms with Crippen LogP contribution in [0.4, 0.5) is 17.6 Å². The number of nitrogens with zero attached hydrogens (tertiary/aromatic N) is 4. The van der Waals surface area contributed by atoms with Crippen LogP contribution in [0.3, 0.4) is 0 Å². The van der Waals surface area contributed by atoms with Gasteiger partial charge in [0.05, 0.1) is 16.4 Å². The van der Waals surface area contributed by atoms with Gasteiger partial charge in [-0.2, -0.15) is 13.2 Å². The van der Waals surface area contributed by atoms with Gasteiger partial charge >= 0.3 is 6.18 Å². The molecule has 0 amide bonds. The summed E-state index contributed by atoms with van der Waals surface area (Å²) in [4.78, 5) is 25.1. The number of fused-ring (bicyclic) bond motifs is 1. The van der Waals surface area contributed by atoms with Crippen LogP contribution in [0, 0.1) is 5.82 Å². The van der Waals surface area contributed by atoms with Crippen molar-refractivity contribution in [3.63, 3.8) is 0 Å². The lowest BCUT2D eigenvalue weighted by Crippen LogP contribution is -2.29. The summed E-state index contributed by atoms with van der Waals surface area (Å²) in [6, 6.07) is 6.61. The molecule has 4 rings (SSSR count). The highest BCUT2D eigenvalue weighted by molar-refractivity contribution is 7.07. The Kier molecular flexibility index (Phi) is 5.10. The van der Waals surface area contributed by atoms with Crippen molar-refractivity contribution in [3.8, 4) is 11.5 Å². The van der Waals surface area contributed by atoms with Crippen LogP contribution in [0.5, 0.6) is 0 Å². The van der Waals surface area contributed by atoms with E-state index in [0.29, 0.717) is 11.3 Å². The summed E-state index contributed by atoms with van der Waals surface area (Å²) < 4.78 is 55.8. The van der Waals surface area contributed by atoms with Gasteiger partial charge in [0.1, 0.15) is 11.5 Å². The predicted octanol–water partition coefficient (Wildman–Crippen LogP) is 4.88. The molecule has 10 heteroatoms. The van der Waals surface area contributed by atoms with Crippen LogP contribution in [-0.2, 0) is 12.6 Å². The maximum Gasteiger partial charge on any atom is 0.434 e. The second-order valence-electron chi connectivity index (χ2n) is 6.68. The summed E-state index contributed by atoms with van der Waals surface area (Å²) in [6.07, 6.45) is -3.77. The number of aromatic nitrogens is 4. The summed E-state index contributed by atoms with van der Waals surface area (Å²) in [5.41, 5.74) is -0.0973. The molecule has 0 aliphatic rings. The molecule has 0 aliphatic carbocycles. The Morgan fingerprint density at radius 1 is 1.17 bits per heavy atom. The first kappa shape index (κ1) is 20.1. The number of thiazole rings is 1. The molecule has 0 bridgehead atoms. The van der Waals surface area contributed by atoms with Gasteiger partial charge in [-0.3, -0.25) is 14.3 Å². The lowest BCUT2D eigenvalue weighted by atomic mass is 10.1. The van der Waals surface area contributed by atoms with E-state index in [-0.39, 0.29) is 17.8 Å². The first-order chi connectivity index (χ1) is 14.3. The molecule has 3 heterocycles. The first-order valence-corrected chi connectivity index (χ1v) is 9.82. The van der Waals surface area contributed by atoms with Crippen molar-refractivity contribution in [3.05, 3.63) is 74.8 Å². The van der Waals surface area contributed by atoms with Crippen LogP contribution in [0.25, 0.3) is 22.4 Å². The standard InChI is InChI=1S/C20H14F4N4OS/c1-11(8-12-4-2-3-5-13(12)21)28-18(15-9-30-10-26-15)27-14-6-7-25-17(20(22,23)24)16(14)19(28)29/h2-7,9-11H,8H2,1H3. The minimum Gasteiger partial charge on any atom is -0.288 e. The highest BCUT2D eigenvalue weighted by atomic mass is 32.1. The molecule has 154 valence electrons. The third-order valence-electron chi connectivity index (χ3n) is 4.66. The molecule has 0 saturated heterocycles. The van der Waals surface area contributed by atoms with Crippen molar-refractivity contribution in [1.82, 2.24) is 19.5 Å². The lowest BCUT2D eigenvalue weighted by molar-refractivity contribution is -0.139. The molecule has 4 aromatic rings. The molecule has 1 aromatic carbocycles. The summed E-state index contributed by atoms with van der Waals surface area (Å²) in [5.74, 6) is -0.337. The average molecular weight is 434 g/mol. The number of alkyl halides is 3. The fraction of sp³-hybridized carbons (Fsp3) is 0.200. The van der Waals surface area contributed by atoms with Gasteiger partial charge in [0.2, 0.25) is 0 Å². The van der Waals surface area contributed by atoms with Gasteiger partial charge < -0.3 is 0 Å². The van der Waals surface area contributed by atoms with Crippen molar-refractivity contribution in [2.75, 3.05) is 0 Å². The van der Waals surface area contributed by atoms with E-state index in [4.69, 9.17) is 0 Å². The Labute approximate surface area is 171 Å². The molecule has 3 aromatic heterocycles. The Bertz CT molecular complexity index is 1270.